The Morgan fingerprint density at radius 2 is 1.94 bits per heavy atom. The van der Waals surface area contributed by atoms with E-state index in [-0.39, 0.29) is 12.6 Å². The molecule has 0 aliphatic rings. The van der Waals surface area contributed by atoms with Crippen LogP contribution in [0.5, 0.6) is 0 Å². The Balaban J connectivity index is 2.27. The van der Waals surface area contributed by atoms with E-state index in [4.69, 9.17) is 5.11 Å². The fraction of sp³-hybridized carbons (Fsp3) is 0.571. The largest absolute Gasteiger partial charge is 0.395 e. The Morgan fingerprint density at radius 3 is 2.50 bits per heavy atom. The van der Waals surface area contributed by atoms with Crippen molar-refractivity contribution in [1.29, 1.82) is 0 Å². The highest BCUT2D eigenvalue weighted by molar-refractivity contribution is 5.14. The van der Waals surface area contributed by atoms with Gasteiger partial charge < -0.3 is 10.4 Å². The quantitative estimate of drug-likeness (QED) is 0.741. The molecule has 0 aromatic heterocycles. The molecule has 0 aliphatic carbocycles. The normalized spacial score (nSPS) is 14.7. The maximum absolute atomic E-state index is 9.10. The SMILES string of the molecule is CCC(CO)NC(C)CCc1ccccc1. The Morgan fingerprint density at radius 1 is 1.25 bits per heavy atom. The summed E-state index contributed by atoms with van der Waals surface area (Å²) < 4.78 is 0. The van der Waals surface area contributed by atoms with Crippen LogP contribution in [0.4, 0.5) is 0 Å². The lowest BCUT2D eigenvalue weighted by Crippen LogP contribution is -2.38. The van der Waals surface area contributed by atoms with Crippen LogP contribution < -0.4 is 5.32 Å². The summed E-state index contributed by atoms with van der Waals surface area (Å²) in [6.07, 6.45) is 3.18. The average molecular weight is 221 g/mol. The van der Waals surface area contributed by atoms with Gasteiger partial charge in [-0.25, -0.2) is 0 Å². The lowest BCUT2D eigenvalue weighted by Gasteiger charge is -2.20. The third-order valence-corrected chi connectivity index (χ3v) is 2.94. The molecule has 0 fully saturated rings. The molecular formula is C14H23NO. The lowest BCUT2D eigenvalue weighted by atomic mass is 10.1. The Labute approximate surface area is 98.7 Å². The molecule has 1 aromatic carbocycles. The zero-order valence-corrected chi connectivity index (χ0v) is 10.3. The maximum atomic E-state index is 9.10. The van der Waals surface area contributed by atoms with Gasteiger partial charge >= 0.3 is 0 Å². The molecule has 16 heavy (non-hydrogen) atoms. The molecule has 0 saturated carbocycles. The first-order chi connectivity index (χ1) is 7.76. The van der Waals surface area contributed by atoms with E-state index in [9.17, 15) is 0 Å². The molecule has 2 atom stereocenters. The van der Waals surface area contributed by atoms with Crippen molar-refractivity contribution in [3.63, 3.8) is 0 Å². The standard InChI is InChI=1S/C14H23NO/c1-3-14(11-16)15-12(2)9-10-13-7-5-4-6-8-13/h4-8,12,14-16H,3,9-11H2,1-2H3. The molecule has 0 aliphatic heterocycles. The van der Waals surface area contributed by atoms with Crippen LogP contribution in [0, 0.1) is 0 Å². The summed E-state index contributed by atoms with van der Waals surface area (Å²) in [7, 11) is 0. The minimum absolute atomic E-state index is 0.228. The van der Waals surface area contributed by atoms with Crippen LogP contribution >= 0.6 is 0 Å². The summed E-state index contributed by atoms with van der Waals surface area (Å²) in [6.45, 7) is 4.51. The molecule has 2 nitrogen and oxygen atoms in total. The molecule has 90 valence electrons. The highest BCUT2D eigenvalue weighted by atomic mass is 16.3. The van der Waals surface area contributed by atoms with Crippen molar-refractivity contribution >= 4 is 0 Å². The molecule has 0 amide bonds. The summed E-state index contributed by atoms with van der Waals surface area (Å²) in [4.78, 5) is 0. The van der Waals surface area contributed by atoms with E-state index < -0.39 is 0 Å². The van der Waals surface area contributed by atoms with Gasteiger partial charge in [-0.3, -0.25) is 0 Å². The smallest absolute Gasteiger partial charge is 0.0584 e. The Hall–Kier alpha value is -0.860. The minimum Gasteiger partial charge on any atom is -0.395 e. The number of hydrogen-bond acceptors (Lipinski definition) is 2. The second-order valence-corrected chi connectivity index (χ2v) is 4.38. The summed E-state index contributed by atoms with van der Waals surface area (Å²) in [6, 6.07) is 11.2. The minimum atomic E-state index is 0.228. The van der Waals surface area contributed by atoms with Crippen LogP contribution in [0.1, 0.15) is 32.3 Å². The fourth-order valence-corrected chi connectivity index (χ4v) is 1.81. The highest BCUT2D eigenvalue weighted by Crippen LogP contribution is 2.05. The van der Waals surface area contributed by atoms with Crippen LogP contribution in [0.25, 0.3) is 0 Å². The van der Waals surface area contributed by atoms with Gasteiger partial charge in [0.15, 0.2) is 0 Å². The molecule has 2 unspecified atom stereocenters. The second kappa shape index (κ2) is 7.42. The number of aryl methyl sites for hydroxylation is 1. The third kappa shape index (κ3) is 4.77. The predicted octanol–water partition coefficient (Wildman–Crippen LogP) is 2.37. The molecule has 0 spiro atoms. The molecule has 1 rings (SSSR count). The zero-order chi connectivity index (χ0) is 11.8. The molecule has 0 saturated heterocycles. The fourth-order valence-electron chi connectivity index (χ4n) is 1.81. The van der Waals surface area contributed by atoms with Crippen LogP contribution in [0.15, 0.2) is 30.3 Å². The van der Waals surface area contributed by atoms with E-state index in [1.165, 1.54) is 5.56 Å². The Kier molecular flexibility index (Phi) is 6.12. The van der Waals surface area contributed by atoms with Crippen molar-refractivity contribution in [2.45, 2.75) is 45.2 Å². The van der Waals surface area contributed by atoms with Crippen molar-refractivity contribution in [3.8, 4) is 0 Å². The summed E-state index contributed by atoms with van der Waals surface area (Å²) in [5.41, 5.74) is 1.38. The molecule has 0 heterocycles. The van der Waals surface area contributed by atoms with Gasteiger partial charge in [0.05, 0.1) is 6.61 Å². The maximum Gasteiger partial charge on any atom is 0.0584 e. The van der Waals surface area contributed by atoms with Gasteiger partial charge in [-0.1, -0.05) is 37.3 Å². The third-order valence-electron chi connectivity index (χ3n) is 2.94. The van der Waals surface area contributed by atoms with Crippen molar-refractivity contribution < 1.29 is 5.11 Å². The lowest BCUT2D eigenvalue weighted by molar-refractivity contribution is 0.228. The van der Waals surface area contributed by atoms with Crippen molar-refractivity contribution in [2.24, 2.45) is 0 Å². The number of hydrogen-bond donors (Lipinski definition) is 2. The van der Waals surface area contributed by atoms with Crippen LogP contribution in [0.2, 0.25) is 0 Å². The van der Waals surface area contributed by atoms with Gasteiger partial charge in [0.1, 0.15) is 0 Å². The first kappa shape index (κ1) is 13.2. The van der Waals surface area contributed by atoms with Gasteiger partial charge in [-0.15, -0.1) is 0 Å². The summed E-state index contributed by atoms with van der Waals surface area (Å²) in [5.74, 6) is 0. The Bertz CT molecular complexity index is 269. The second-order valence-electron chi connectivity index (χ2n) is 4.38. The highest BCUT2D eigenvalue weighted by Gasteiger charge is 2.08. The molecule has 2 heteroatoms. The molecular weight excluding hydrogens is 198 g/mol. The molecule has 2 N–H and O–H groups in total. The molecule has 0 radical (unpaired) electrons. The first-order valence-electron chi connectivity index (χ1n) is 6.17. The summed E-state index contributed by atoms with van der Waals surface area (Å²) in [5, 5.41) is 12.5. The van der Waals surface area contributed by atoms with Crippen LogP contribution in [-0.4, -0.2) is 23.8 Å². The van der Waals surface area contributed by atoms with E-state index in [0.29, 0.717) is 6.04 Å². The monoisotopic (exact) mass is 221 g/mol. The van der Waals surface area contributed by atoms with Gasteiger partial charge in [0.2, 0.25) is 0 Å². The predicted molar refractivity (Wildman–Crippen MR) is 68.5 cm³/mol. The van der Waals surface area contributed by atoms with Gasteiger partial charge in [0, 0.05) is 12.1 Å². The van der Waals surface area contributed by atoms with Gasteiger partial charge in [-0.2, -0.15) is 0 Å². The topological polar surface area (TPSA) is 32.3 Å². The van der Waals surface area contributed by atoms with E-state index >= 15 is 0 Å². The van der Waals surface area contributed by atoms with Crippen molar-refractivity contribution in [2.75, 3.05) is 6.61 Å². The summed E-state index contributed by atoms with van der Waals surface area (Å²) >= 11 is 0. The number of rotatable bonds is 7. The van der Waals surface area contributed by atoms with E-state index in [2.05, 4.69) is 43.4 Å². The number of benzene rings is 1. The van der Waals surface area contributed by atoms with Crippen LogP contribution in [-0.2, 0) is 6.42 Å². The van der Waals surface area contributed by atoms with E-state index in [0.717, 1.165) is 19.3 Å². The van der Waals surface area contributed by atoms with Gasteiger partial charge in [-0.05, 0) is 31.7 Å². The average Bonchev–Trinajstić information content (AvgIpc) is 2.34. The van der Waals surface area contributed by atoms with E-state index in [1.807, 2.05) is 6.07 Å². The number of nitrogens with one attached hydrogen (secondary N) is 1. The van der Waals surface area contributed by atoms with Crippen LogP contribution in [0.3, 0.4) is 0 Å². The van der Waals surface area contributed by atoms with Gasteiger partial charge in [0.25, 0.3) is 0 Å². The zero-order valence-electron chi connectivity index (χ0n) is 10.3. The molecule has 0 bridgehead atoms. The number of aliphatic hydroxyl groups is 1. The van der Waals surface area contributed by atoms with E-state index in [1.54, 1.807) is 0 Å². The first-order valence-corrected chi connectivity index (χ1v) is 6.17. The molecule has 1 aromatic rings. The van der Waals surface area contributed by atoms with Crippen molar-refractivity contribution in [3.05, 3.63) is 35.9 Å². The van der Waals surface area contributed by atoms with Crippen molar-refractivity contribution in [1.82, 2.24) is 5.32 Å². The number of aliphatic hydroxyl groups excluding tert-OH is 1.